The second-order valence-corrected chi connectivity index (χ2v) is 8.60. The molecule has 2 bridgehead atoms. The molecular formula is C24H19F5N4O2. The van der Waals surface area contributed by atoms with E-state index in [0.29, 0.717) is 31.6 Å². The molecule has 1 amide bonds. The number of carbonyl (C=O) groups is 1. The van der Waals surface area contributed by atoms with Crippen LogP contribution in [0, 0.1) is 17.6 Å². The van der Waals surface area contributed by atoms with Gasteiger partial charge in [-0.1, -0.05) is 6.07 Å². The smallest absolute Gasteiger partial charge is 0.417 e. The first-order chi connectivity index (χ1) is 16.7. The average Bonchev–Trinajstić information content (AvgIpc) is 2.85. The van der Waals surface area contributed by atoms with E-state index in [1.165, 1.54) is 30.6 Å². The Morgan fingerprint density at radius 2 is 1.80 bits per heavy atom. The van der Waals surface area contributed by atoms with Gasteiger partial charge in [-0.15, -0.1) is 0 Å². The van der Waals surface area contributed by atoms with Crippen LogP contribution in [0.4, 0.5) is 22.0 Å². The zero-order chi connectivity index (χ0) is 24.7. The molecule has 182 valence electrons. The molecule has 0 spiro atoms. The van der Waals surface area contributed by atoms with E-state index in [2.05, 4.69) is 15.0 Å². The largest absolute Gasteiger partial charge is 0.470 e. The van der Waals surface area contributed by atoms with Crippen LogP contribution in [0.15, 0.2) is 48.9 Å². The van der Waals surface area contributed by atoms with E-state index in [-0.39, 0.29) is 22.9 Å². The SMILES string of the molecule is O=C(c1cccc(F)c1-c1ncccn1)N1C[C@H]2CC[C@H]1[C@H](Oc1ncc(C(F)(F)F)cc1F)C2. The maximum atomic E-state index is 14.8. The van der Waals surface area contributed by atoms with Crippen LogP contribution >= 0.6 is 0 Å². The number of halogens is 5. The molecule has 0 unspecified atom stereocenters. The van der Waals surface area contributed by atoms with E-state index >= 15 is 0 Å². The van der Waals surface area contributed by atoms with Crippen molar-refractivity contribution in [3.8, 4) is 17.3 Å². The first-order valence-electron chi connectivity index (χ1n) is 11.0. The van der Waals surface area contributed by atoms with Gasteiger partial charge in [0.05, 0.1) is 22.7 Å². The van der Waals surface area contributed by atoms with E-state index in [1.54, 1.807) is 11.0 Å². The fourth-order valence-corrected chi connectivity index (χ4v) is 4.81. The Morgan fingerprint density at radius 3 is 2.49 bits per heavy atom. The minimum absolute atomic E-state index is 0.0209. The van der Waals surface area contributed by atoms with Gasteiger partial charge in [-0.25, -0.2) is 23.7 Å². The molecular weight excluding hydrogens is 471 g/mol. The topological polar surface area (TPSA) is 68.2 Å². The van der Waals surface area contributed by atoms with Gasteiger partial charge in [0, 0.05) is 25.1 Å². The number of nitrogens with zero attached hydrogens (tertiary/aromatic N) is 4. The lowest BCUT2D eigenvalue weighted by molar-refractivity contribution is -0.138. The summed E-state index contributed by atoms with van der Waals surface area (Å²) in [6, 6.07) is 5.56. The van der Waals surface area contributed by atoms with Crippen molar-refractivity contribution in [2.45, 2.75) is 37.6 Å². The van der Waals surface area contributed by atoms with Crippen LogP contribution in [-0.4, -0.2) is 44.4 Å². The summed E-state index contributed by atoms with van der Waals surface area (Å²) in [6.45, 7) is 0.401. The van der Waals surface area contributed by atoms with Gasteiger partial charge in [0.15, 0.2) is 11.6 Å². The number of benzene rings is 1. The molecule has 1 aromatic carbocycles. The third-order valence-corrected chi connectivity index (χ3v) is 6.41. The van der Waals surface area contributed by atoms with E-state index in [1.807, 2.05) is 0 Å². The Hall–Kier alpha value is -3.63. The molecule has 4 heterocycles. The molecule has 1 aliphatic carbocycles. The number of carbonyl (C=O) groups excluding carboxylic acids is 1. The van der Waals surface area contributed by atoms with Gasteiger partial charge in [0.2, 0.25) is 0 Å². The molecule has 3 fully saturated rings. The summed E-state index contributed by atoms with van der Waals surface area (Å²) in [4.78, 5) is 26.8. The van der Waals surface area contributed by atoms with Crippen molar-refractivity contribution >= 4 is 5.91 Å². The van der Waals surface area contributed by atoms with Gasteiger partial charge < -0.3 is 9.64 Å². The summed E-state index contributed by atoms with van der Waals surface area (Å²) >= 11 is 0. The van der Waals surface area contributed by atoms with Gasteiger partial charge in [0.1, 0.15) is 11.9 Å². The molecule has 3 aliphatic rings. The lowest BCUT2D eigenvalue weighted by atomic mass is 9.77. The number of ether oxygens (including phenoxy) is 1. The quantitative estimate of drug-likeness (QED) is 0.487. The van der Waals surface area contributed by atoms with Gasteiger partial charge in [0.25, 0.3) is 11.8 Å². The summed E-state index contributed by atoms with van der Waals surface area (Å²) < 4.78 is 73.3. The van der Waals surface area contributed by atoms with Gasteiger partial charge in [-0.3, -0.25) is 4.79 Å². The predicted octanol–water partition coefficient (Wildman–Crippen LogP) is 4.91. The Morgan fingerprint density at radius 1 is 1.03 bits per heavy atom. The highest BCUT2D eigenvalue weighted by atomic mass is 19.4. The first-order valence-corrected chi connectivity index (χ1v) is 11.0. The molecule has 0 N–H and O–H groups in total. The van der Waals surface area contributed by atoms with Crippen LogP contribution in [0.3, 0.4) is 0 Å². The van der Waals surface area contributed by atoms with E-state index in [4.69, 9.17) is 4.74 Å². The maximum Gasteiger partial charge on any atom is 0.417 e. The summed E-state index contributed by atoms with van der Waals surface area (Å²) in [5.41, 5.74) is -1.15. The molecule has 6 nitrogen and oxygen atoms in total. The maximum absolute atomic E-state index is 14.8. The average molecular weight is 490 g/mol. The van der Waals surface area contributed by atoms with Crippen molar-refractivity contribution in [1.29, 1.82) is 0 Å². The summed E-state index contributed by atoms with van der Waals surface area (Å²) in [5.74, 6) is -2.76. The van der Waals surface area contributed by atoms with Gasteiger partial charge in [-0.05, 0) is 49.4 Å². The second kappa shape index (κ2) is 8.86. The lowest BCUT2D eigenvalue weighted by Gasteiger charge is -2.49. The summed E-state index contributed by atoms with van der Waals surface area (Å²) in [6.07, 6.45) is -0.136. The lowest BCUT2D eigenvalue weighted by Crippen LogP contribution is -2.59. The number of amides is 1. The molecule has 2 aromatic heterocycles. The highest BCUT2D eigenvalue weighted by Gasteiger charge is 2.45. The fourth-order valence-electron chi connectivity index (χ4n) is 4.81. The molecule has 2 aliphatic heterocycles. The number of aromatic nitrogens is 3. The molecule has 2 saturated heterocycles. The molecule has 11 heteroatoms. The Balaban J connectivity index is 1.42. The number of piperidine rings is 2. The van der Waals surface area contributed by atoms with Crippen LogP contribution in [0.1, 0.15) is 35.2 Å². The summed E-state index contributed by atoms with van der Waals surface area (Å²) in [5, 5.41) is 0. The third kappa shape index (κ3) is 4.42. The van der Waals surface area contributed by atoms with Crippen LogP contribution in [0.5, 0.6) is 5.88 Å². The Kier molecular flexibility index (Phi) is 5.86. The van der Waals surface area contributed by atoms with E-state index in [0.717, 1.165) is 6.42 Å². The number of fused-ring (bicyclic) bond motifs is 3. The fraction of sp³-hybridized carbons (Fsp3) is 0.333. The molecule has 35 heavy (non-hydrogen) atoms. The van der Waals surface area contributed by atoms with E-state index < -0.39 is 47.3 Å². The zero-order valence-electron chi connectivity index (χ0n) is 18.2. The number of hydrogen-bond donors (Lipinski definition) is 0. The number of hydrogen-bond acceptors (Lipinski definition) is 5. The predicted molar refractivity (Wildman–Crippen MR) is 113 cm³/mol. The third-order valence-electron chi connectivity index (χ3n) is 6.41. The molecule has 1 saturated carbocycles. The molecule has 3 aromatic rings. The number of rotatable bonds is 4. The van der Waals surface area contributed by atoms with Crippen LogP contribution in [-0.2, 0) is 6.18 Å². The normalized spacial score (nSPS) is 21.7. The van der Waals surface area contributed by atoms with Crippen LogP contribution in [0.25, 0.3) is 11.4 Å². The van der Waals surface area contributed by atoms with Gasteiger partial charge in [-0.2, -0.15) is 13.2 Å². The number of pyridine rings is 1. The first kappa shape index (κ1) is 23.1. The minimum Gasteiger partial charge on any atom is -0.470 e. The van der Waals surface area contributed by atoms with E-state index in [9.17, 15) is 26.7 Å². The number of alkyl halides is 3. The van der Waals surface area contributed by atoms with Crippen LogP contribution in [0.2, 0.25) is 0 Å². The molecule has 6 rings (SSSR count). The van der Waals surface area contributed by atoms with Crippen molar-refractivity contribution in [2.24, 2.45) is 5.92 Å². The van der Waals surface area contributed by atoms with Gasteiger partial charge >= 0.3 is 6.18 Å². The zero-order valence-corrected chi connectivity index (χ0v) is 18.2. The molecule has 0 radical (unpaired) electrons. The standard InChI is InChI=1S/C24H19F5N4O2/c25-16-4-1-3-15(20(16)21-30-7-2-8-31-21)23(34)33-12-13-5-6-18(33)19(9-13)35-22-17(26)10-14(11-32-22)24(27,28)29/h1-4,7-8,10-11,13,18-19H,5-6,9,12H2/t13-,18-,19+/m0/s1. The molecule has 3 atom stereocenters. The highest BCUT2D eigenvalue weighted by molar-refractivity contribution is 6.00. The van der Waals surface area contributed by atoms with Crippen molar-refractivity contribution in [3.63, 3.8) is 0 Å². The Labute approximate surface area is 196 Å². The van der Waals surface area contributed by atoms with Crippen molar-refractivity contribution in [2.75, 3.05) is 6.54 Å². The Bertz CT molecular complexity index is 1250. The van der Waals surface area contributed by atoms with Crippen molar-refractivity contribution in [1.82, 2.24) is 19.9 Å². The van der Waals surface area contributed by atoms with Crippen molar-refractivity contribution in [3.05, 3.63) is 71.7 Å². The summed E-state index contributed by atoms with van der Waals surface area (Å²) in [7, 11) is 0. The highest BCUT2D eigenvalue weighted by Crippen LogP contribution is 2.39. The van der Waals surface area contributed by atoms with Crippen LogP contribution < -0.4 is 4.74 Å². The monoisotopic (exact) mass is 490 g/mol. The van der Waals surface area contributed by atoms with Crippen molar-refractivity contribution < 1.29 is 31.5 Å². The minimum atomic E-state index is -4.73. The second-order valence-electron chi connectivity index (χ2n) is 8.60.